The van der Waals surface area contributed by atoms with Crippen LogP contribution in [-0.2, 0) is 9.53 Å². The summed E-state index contributed by atoms with van der Waals surface area (Å²) in [6.07, 6.45) is 2.57. The van der Waals surface area contributed by atoms with Crippen molar-refractivity contribution in [1.82, 2.24) is 10.2 Å². The summed E-state index contributed by atoms with van der Waals surface area (Å²) in [5.74, 6) is -0.479. The molecule has 0 radical (unpaired) electrons. The fourth-order valence-electron chi connectivity index (χ4n) is 4.70. The number of ether oxygens (including phenoxy) is 1. The molecule has 1 saturated carbocycles. The van der Waals surface area contributed by atoms with Crippen LogP contribution in [0.3, 0.4) is 0 Å². The second kappa shape index (κ2) is 7.36. The van der Waals surface area contributed by atoms with Gasteiger partial charge in [-0.1, -0.05) is 0 Å². The molecule has 7 heteroatoms. The lowest BCUT2D eigenvalue weighted by molar-refractivity contribution is -0.206. The Balaban J connectivity index is 1.46. The first-order valence-corrected chi connectivity index (χ1v) is 10.4. The molecule has 29 heavy (non-hydrogen) atoms. The number of nitrogens with one attached hydrogen (secondary N) is 1. The second-order valence-corrected chi connectivity index (χ2v) is 9.05. The number of hydrogen-bond acceptors (Lipinski definition) is 4. The highest BCUT2D eigenvalue weighted by atomic mass is 19.1. The van der Waals surface area contributed by atoms with Crippen LogP contribution < -0.4 is 5.32 Å². The number of aliphatic hydroxyl groups excluding tert-OH is 1. The van der Waals surface area contributed by atoms with Gasteiger partial charge >= 0.3 is 0 Å². The van der Waals surface area contributed by atoms with Gasteiger partial charge in [0.25, 0.3) is 5.91 Å². The molecule has 2 saturated heterocycles. The Morgan fingerprint density at radius 2 is 1.90 bits per heavy atom. The summed E-state index contributed by atoms with van der Waals surface area (Å²) in [7, 11) is 0. The zero-order chi connectivity index (χ0) is 20.8. The van der Waals surface area contributed by atoms with Gasteiger partial charge < -0.3 is 20.1 Å². The Hall–Kier alpha value is -1.99. The first kappa shape index (κ1) is 20.3. The molecule has 1 aromatic carbocycles. The normalized spacial score (nSPS) is 29.0. The third-order valence-corrected chi connectivity index (χ3v) is 6.66. The van der Waals surface area contributed by atoms with Gasteiger partial charge in [0.15, 0.2) is 0 Å². The molecule has 2 aliphatic heterocycles. The van der Waals surface area contributed by atoms with Crippen molar-refractivity contribution >= 4 is 11.8 Å². The van der Waals surface area contributed by atoms with Crippen molar-refractivity contribution in [3.8, 4) is 0 Å². The lowest BCUT2D eigenvalue weighted by Gasteiger charge is -2.53. The molecule has 1 aliphatic carbocycles. The van der Waals surface area contributed by atoms with E-state index in [0.29, 0.717) is 44.5 Å². The molecule has 6 nitrogen and oxygen atoms in total. The van der Waals surface area contributed by atoms with E-state index in [1.54, 1.807) is 13.0 Å². The zero-order valence-corrected chi connectivity index (χ0v) is 17.0. The fraction of sp³-hybridized carbons (Fsp3) is 0.636. The Labute approximate surface area is 170 Å². The van der Waals surface area contributed by atoms with E-state index in [1.165, 1.54) is 12.1 Å². The summed E-state index contributed by atoms with van der Waals surface area (Å²) in [5, 5.41) is 14.2. The standard InChI is InChI=1S/C22H29FN2O4/c1-14-11-16(13-17(23)12-14)18(26)24-21(2)7-10-29-22(20(21)28)5-8-25(9-6-22)19(27)15-3-4-15/h11-13,15,20,28H,3-10H2,1-2H3,(H,24,26)/t20-,21+/m1/s1. The molecule has 0 unspecified atom stereocenters. The summed E-state index contributed by atoms with van der Waals surface area (Å²) in [6, 6.07) is 4.20. The van der Waals surface area contributed by atoms with Crippen molar-refractivity contribution < 1.29 is 23.8 Å². The van der Waals surface area contributed by atoms with Gasteiger partial charge in [-0.25, -0.2) is 4.39 Å². The minimum absolute atomic E-state index is 0.181. The molecule has 3 aliphatic rings. The van der Waals surface area contributed by atoms with Gasteiger partial charge in [0.2, 0.25) is 5.91 Å². The van der Waals surface area contributed by atoms with E-state index in [2.05, 4.69) is 5.32 Å². The number of amides is 2. The maximum absolute atomic E-state index is 13.7. The van der Waals surface area contributed by atoms with Crippen LogP contribution >= 0.6 is 0 Å². The summed E-state index contributed by atoms with van der Waals surface area (Å²) in [5.41, 5.74) is -0.769. The topological polar surface area (TPSA) is 78.9 Å². The molecule has 0 aromatic heterocycles. The van der Waals surface area contributed by atoms with Gasteiger partial charge in [0.05, 0.1) is 11.1 Å². The van der Waals surface area contributed by atoms with Crippen LogP contribution in [0.1, 0.15) is 54.9 Å². The molecule has 2 amide bonds. The van der Waals surface area contributed by atoms with E-state index in [4.69, 9.17) is 4.74 Å². The number of aryl methyl sites for hydroxylation is 1. The molecular formula is C22H29FN2O4. The van der Waals surface area contributed by atoms with Gasteiger partial charge in [0.1, 0.15) is 11.9 Å². The van der Waals surface area contributed by atoms with E-state index in [1.807, 2.05) is 11.8 Å². The average molecular weight is 404 g/mol. The number of piperidine rings is 1. The molecule has 158 valence electrons. The second-order valence-electron chi connectivity index (χ2n) is 9.05. The predicted molar refractivity (Wildman–Crippen MR) is 105 cm³/mol. The molecule has 4 rings (SSSR count). The van der Waals surface area contributed by atoms with E-state index in [-0.39, 0.29) is 17.4 Å². The number of aliphatic hydroxyl groups is 1. The molecule has 1 aromatic rings. The predicted octanol–water partition coefficient (Wildman–Crippen LogP) is 2.18. The van der Waals surface area contributed by atoms with E-state index >= 15 is 0 Å². The number of carbonyl (C=O) groups is 2. The highest BCUT2D eigenvalue weighted by Crippen LogP contribution is 2.41. The molecule has 2 atom stereocenters. The van der Waals surface area contributed by atoms with Crippen LogP contribution in [0.2, 0.25) is 0 Å². The van der Waals surface area contributed by atoms with E-state index in [0.717, 1.165) is 12.8 Å². The zero-order valence-electron chi connectivity index (χ0n) is 17.0. The van der Waals surface area contributed by atoms with Crippen LogP contribution in [0, 0.1) is 18.7 Å². The molecule has 3 fully saturated rings. The van der Waals surface area contributed by atoms with Crippen LogP contribution in [0.15, 0.2) is 18.2 Å². The van der Waals surface area contributed by atoms with Crippen molar-refractivity contribution in [3.63, 3.8) is 0 Å². The van der Waals surface area contributed by atoms with E-state index < -0.39 is 29.0 Å². The average Bonchev–Trinajstić information content (AvgIpc) is 3.51. The van der Waals surface area contributed by atoms with Crippen molar-refractivity contribution in [2.24, 2.45) is 5.92 Å². The van der Waals surface area contributed by atoms with Crippen molar-refractivity contribution in [1.29, 1.82) is 0 Å². The number of halogens is 1. The number of hydrogen-bond donors (Lipinski definition) is 2. The van der Waals surface area contributed by atoms with Gasteiger partial charge in [-0.2, -0.15) is 0 Å². The maximum atomic E-state index is 13.7. The Morgan fingerprint density at radius 3 is 2.52 bits per heavy atom. The summed E-state index contributed by atoms with van der Waals surface area (Å²) in [4.78, 5) is 27.0. The number of carbonyl (C=O) groups excluding carboxylic acids is 2. The molecule has 0 bridgehead atoms. The van der Waals surface area contributed by atoms with Crippen molar-refractivity contribution in [2.45, 2.75) is 63.2 Å². The van der Waals surface area contributed by atoms with Crippen molar-refractivity contribution in [3.05, 3.63) is 35.1 Å². The highest BCUT2D eigenvalue weighted by Gasteiger charge is 2.54. The third kappa shape index (κ3) is 3.90. The lowest BCUT2D eigenvalue weighted by Crippen LogP contribution is -2.69. The minimum Gasteiger partial charge on any atom is -0.388 e. The Bertz CT molecular complexity index is 797. The molecule has 1 spiro atoms. The summed E-state index contributed by atoms with van der Waals surface area (Å²) < 4.78 is 19.8. The fourth-order valence-corrected chi connectivity index (χ4v) is 4.70. The van der Waals surface area contributed by atoms with Gasteiger partial charge in [-0.15, -0.1) is 0 Å². The van der Waals surface area contributed by atoms with Gasteiger partial charge in [-0.05, 0) is 69.7 Å². The highest BCUT2D eigenvalue weighted by molar-refractivity contribution is 5.95. The Kier molecular flexibility index (Phi) is 5.15. The van der Waals surface area contributed by atoms with Crippen LogP contribution in [0.25, 0.3) is 0 Å². The first-order chi connectivity index (χ1) is 13.7. The molecule has 2 heterocycles. The SMILES string of the molecule is Cc1cc(F)cc(C(=O)N[C@@]2(C)CCOC3(CCN(C(=O)C4CC4)CC3)[C@@H]2O)c1. The number of rotatable bonds is 3. The molecule has 2 N–H and O–H groups in total. The summed E-state index contributed by atoms with van der Waals surface area (Å²) >= 11 is 0. The van der Waals surface area contributed by atoms with Gasteiger partial charge in [0, 0.05) is 31.2 Å². The van der Waals surface area contributed by atoms with Gasteiger partial charge in [-0.3, -0.25) is 9.59 Å². The largest absolute Gasteiger partial charge is 0.388 e. The number of nitrogens with zero attached hydrogens (tertiary/aromatic N) is 1. The van der Waals surface area contributed by atoms with E-state index in [9.17, 15) is 19.1 Å². The Morgan fingerprint density at radius 1 is 1.21 bits per heavy atom. The summed E-state index contributed by atoms with van der Waals surface area (Å²) in [6.45, 7) is 5.07. The van der Waals surface area contributed by atoms with Crippen LogP contribution in [-0.4, -0.2) is 58.8 Å². The molecular weight excluding hydrogens is 375 g/mol. The smallest absolute Gasteiger partial charge is 0.251 e. The van der Waals surface area contributed by atoms with Crippen molar-refractivity contribution in [2.75, 3.05) is 19.7 Å². The maximum Gasteiger partial charge on any atom is 0.251 e. The monoisotopic (exact) mass is 404 g/mol. The van der Waals surface area contributed by atoms with Crippen LogP contribution in [0.5, 0.6) is 0 Å². The number of benzene rings is 1. The quantitative estimate of drug-likeness (QED) is 0.809. The minimum atomic E-state index is -0.916. The first-order valence-electron chi connectivity index (χ1n) is 10.4. The third-order valence-electron chi connectivity index (χ3n) is 6.66. The van der Waals surface area contributed by atoms with Crippen LogP contribution in [0.4, 0.5) is 4.39 Å². The number of likely N-dealkylation sites (tertiary alicyclic amines) is 1. The lowest BCUT2D eigenvalue weighted by atomic mass is 9.73.